The molecule has 0 fully saturated rings. The van der Waals surface area contributed by atoms with E-state index in [0.717, 1.165) is 5.56 Å². The summed E-state index contributed by atoms with van der Waals surface area (Å²) in [5.41, 5.74) is 6.61. The monoisotopic (exact) mass is 280 g/mol. The number of amides is 1. The van der Waals surface area contributed by atoms with Crippen molar-refractivity contribution in [1.82, 2.24) is 5.32 Å². The molecular weight excluding hydrogens is 260 g/mol. The number of aliphatic carboxylic acids is 1. The van der Waals surface area contributed by atoms with E-state index in [4.69, 9.17) is 15.9 Å². The summed E-state index contributed by atoms with van der Waals surface area (Å²) in [6, 6.07) is 5.16. The Balaban J connectivity index is 2.54. The quantitative estimate of drug-likeness (QED) is 0.605. The van der Waals surface area contributed by atoms with E-state index >= 15 is 0 Å². The number of carbonyl (C=O) groups excluding carboxylic acids is 1. The van der Waals surface area contributed by atoms with Gasteiger partial charge in [-0.25, -0.2) is 0 Å². The summed E-state index contributed by atoms with van der Waals surface area (Å²) in [6.45, 7) is 3.16. The van der Waals surface area contributed by atoms with E-state index in [1.807, 2.05) is 0 Å². The van der Waals surface area contributed by atoms with Crippen molar-refractivity contribution in [3.05, 3.63) is 29.8 Å². The van der Waals surface area contributed by atoms with E-state index in [9.17, 15) is 9.59 Å². The topological polar surface area (TPSA) is 113 Å². The number of hydrogen-bond donors (Lipinski definition) is 4. The molecule has 1 aromatic rings. The first kappa shape index (κ1) is 16.0. The van der Waals surface area contributed by atoms with E-state index in [1.54, 1.807) is 19.1 Å². The number of carboxylic acids is 1. The molecule has 0 aromatic heterocycles. The first-order valence-corrected chi connectivity index (χ1v) is 6.38. The fourth-order valence-corrected chi connectivity index (χ4v) is 1.65. The first-order valence-electron chi connectivity index (χ1n) is 6.38. The van der Waals surface area contributed by atoms with Gasteiger partial charge in [0.05, 0.1) is 12.0 Å². The van der Waals surface area contributed by atoms with Gasteiger partial charge in [0, 0.05) is 6.04 Å². The molecule has 1 amide bonds. The molecule has 2 unspecified atom stereocenters. The fraction of sp³-hybridized carbons (Fsp3) is 0.429. The Morgan fingerprint density at radius 1 is 1.25 bits per heavy atom. The van der Waals surface area contributed by atoms with Crippen LogP contribution in [0.3, 0.4) is 0 Å². The average Bonchev–Trinajstić information content (AvgIpc) is 2.40. The van der Waals surface area contributed by atoms with Gasteiger partial charge in [-0.2, -0.15) is 0 Å². The van der Waals surface area contributed by atoms with Gasteiger partial charge in [0.1, 0.15) is 5.75 Å². The molecule has 6 heteroatoms. The van der Waals surface area contributed by atoms with Gasteiger partial charge in [-0.15, -0.1) is 0 Å². The van der Waals surface area contributed by atoms with Crippen molar-refractivity contribution in [3.63, 3.8) is 0 Å². The number of hydrogen-bond acceptors (Lipinski definition) is 4. The van der Waals surface area contributed by atoms with Crippen LogP contribution in [0.15, 0.2) is 24.3 Å². The van der Waals surface area contributed by atoms with Gasteiger partial charge in [0.2, 0.25) is 5.91 Å². The van der Waals surface area contributed by atoms with Crippen molar-refractivity contribution in [1.29, 1.82) is 0 Å². The minimum Gasteiger partial charge on any atom is -0.508 e. The molecule has 0 radical (unpaired) electrons. The highest BCUT2D eigenvalue weighted by Gasteiger charge is 2.23. The van der Waals surface area contributed by atoms with Crippen LogP contribution in [-0.2, 0) is 16.0 Å². The maximum absolute atomic E-state index is 11.9. The standard InChI is InChI=1S/C14H20N2O4/c1-8(14(19)20)9(2)16-13(18)12(15)7-10-3-5-11(17)6-4-10/h3-6,8-9,12,17H,7,15H2,1-2H3,(H,16,18)(H,19,20)/t8?,9?,12-/m0/s1. The molecule has 3 atom stereocenters. The number of nitrogens with one attached hydrogen (secondary N) is 1. The second-order valence-electron chi connectivity index (χ2n) is 4.90. The van der Waals surface area contributed by atoms with E-state index in [0.29, 0.717) is 6.42 Å². The van der Waals surface area contributed by atoms with Crippen LogP contribution in [0.4, 0.5) is 0 Å². The maximum Gasteiger partial charge on any atom is 0.308 e. The van der Waals surface area contributed by atoms with Crippen molar-refractivity contribution in [3.8, 4) is 5.75 Å². The van der Waals surface area contributed by atoms with Crippen molar-refractivity contribution in [2.75, 3.05) is 0 Å². The number of carbonyl (C=O) groups is 2. The summed E-state index contributed by atoms with van der Waals surface area (Å²) in [6.07, 6.45) is 0.320. The van der Waals surface area contributed by atoms with E-state index in [-0.39, 0.29) is 5.75 Å². The van der Waals surface area contributed by atoms with Crippen molar-refractivity contribution >= 4 is 11.9 Å². The van der Waals surface area contributed by atoms with Gasteiger partial charge < -0.3 is 21.3 Å². The molecule has 110 valence electrons. The van der Waals surface area contributed by atoms with Crippen molar-refractivity contribution < 1.29 is 19.8 Å². The summed E-state index contributed by atoms with van der Waals surface area (Å²) < 4.78 is 0. The second-order valence-corrected chi connectivity index (χ2v) is 4.90. The Labute approximate surface area is 117 Å². The number of rotatable bonds is 6. The number of phenols is 1. The van der Waals surface area contributed by atoms with Crippen LogP contribution in [0.5, 0.6) is 5.75 Å². The minimum absolute atomic E-state index is 0.149. The lowest BCUT2D eigenvalue weighted by molar-refractivity contribution is -0.142. The summed E-state index contributed by atoms with van der Waals surface area (Å²) in [5.74, 6) is -1.89. The third kappa shape index (κ3) is 4.55. The molecule has 6 nitrogen and oxygen atoms in total. The van der Waals surface area contributed by atoms with Gasteiger partial charge in [0.25, 0.3) is 0 Å². The Morgan fingerprint density at radius 2 is 1.80 bits per heavy atom. The molecule has 0 spiro atoms. The molecule has 20 heavy (non-hydrogen) atoms. The molecule has 0 heterocycles. The molecule has 0 saturated carbocycles. The Bertz CT molecular complexity index is 473. The molecule has 0 aliphatic rings. The van der Waals surface area contributed by atoms with Gasteiger partial charge >= 0.3 is 5.97 Å². The zero-order valence-electron chi connectivity index (χ0n) is 11.5. The highest BCUT2D eigenvalue weighted by Crippen LogP contribution is 2.11. The van der Waals surface area contributed by atoms with Crippen LogP contribution < -0.4 is 11.1 Å². The second kappa shape index (κ2) is 6.91. The number of carboxylic acid groups (broad SMARTS) is 1. The molecular formula is C14H20N2O4. The Hall–Kier alpha value is -2.08. The molecule has 0 saturated heterocycles. The van der Waals surface area contributed by atoms with Crippen LogP contribution in [0.2, 0.25) is 0 Å². The normalized spacial score (nSPS) is 15.2. The maximum atomic E-state index is 11.9. The van der Waals surface area contributed by atoms with Gasteiger partial charge in [-0.3, -0.25) is 9.59 Å². The van der Waals surface area contributed by atoms with Crippen molar-refractivity contribution in [2.45, 2.75) is 32.4 Å². The Kier molecular flexibility index (Phi) is 5.52. The highest BCUT2D eigenvalue weighted by molar-refractivity contribution is 5.83. The smallest absolute Gasteiger partial charge is 0.308 e. The molecule has 0 aliphatic carbocycles. The van der Waals surface area contributed by atoms with E-state index in [2.05, 4.69) is 5.32 Å². The summed E-state index contributed by atoms with van der Waals surface area (Å²) >= 11 is 0. The fourth-order valence-electron chi connectivity index (χ4n) is 1.65. The number of phenolic OH excluding ortho intramolecular Hbond substituents is 1. The lowest BCUT2D eigenvalue weighted by Gasteiger charge is -2.20. The van der Waals surface area contributed by atoms with E-state index < -0.39 is 29.9 Å². The number of aromatic hydroxyl groups is 1. The zero-order chi connectivity index (χ0) is 15.3. The number of benzene rings is 1. The molecule has 1 aromatic carbocycles. The summed E-state index contributed by atoms with van der Waals surface area (Å²) in [4.78, 5) is 22.7. The SMILES string of the molecule is CC(NC(=O)[C@@H](N)Cc1ccc(O)cc1)C(C)C(=O)O. The summed E-state index contributed by atoms with van der Waals surface area (Å²) in [7, 11) is 0. The average molecular weight is 280 g/mol. The first-order chi connectivity index (χ1) is 9.31. The van der Waals surface area contributed by atoms with Crippen LogP contribution in [0.1, 0.15) is 19.4 Å². The van der Waals surface area contributed by atoms with E-state index in [1.165, 1.54) is 19.1 Å². The van der Waals surface area contributed by atoms with Crippen LogP contribution in [-0.4, -0.2) is 34.2 Å². The van der Waals surface area contributed by atoms with Crippen molar-refractivity contribution in [2.24, 2.45) is 11.7 Å². The Morgan fingerprint density at radius 3 is 2.30 bits per heavy atom. The predicted molar refractivity (Wildman–Crippen MR) is 74.2 cm³/mol. The lowest BCUT2D eigenvalue weighted by Crippen LogP contribution is -2.48. The third-order valence-corrected chi connectivity index (χ3v) is 3.24. The minimum atomic E-state index is -0.968. The summed E-state index contributed by atoms with van der Waals surface area (Å²) in [5, 5.41) is 20.6. The third-order valence-electron chi connectivity index (χ3n) is 3.24. The number of nitrogens with two attached hydrogens (primary N) is 1. The van der Waals surface area contributed by atoms with Gasteiger partial charge in [-0.1, -0.05) is 12.1 Å². The van der Waals surface area contributed by atoms with Crippen LogP contribution >= 0.6 is 0 Å². The highest BCUT2D eigenvalue weighted by atomic mass is 16.4. The lowest BCUT2D eigenvalue weighted by atomic mass is 10.0. The molecule has 0 bridgehead atoms. The predicted octanol–water partition coefficient (Wildman–Crippen LogP) is 0.487. The van der Waals surface area contributed by atoms with Gasteiger partial charge in [0.15, 0.2) is 0 Å². The van der Waals surface area contributed by atoms with Crippen LogP contribution in [0, 0.1) is 5.92 Å². The van der Waals surface area contributed by atoms with Crippen LogP contribution in [0.25, 0.3) is 0 Å². The van der Waals surface area contributed by atoms with Gasteiger partial charge in [-0.05, 0) is 38.0 Å². The molecule has 5 N–H and O–H groups in total. The largest absolute Gasteiger partial charge is 0.508 e. The molecule has 1 rings (SSSR count). The zero-order valence-corrected chi connectivity index (χ0v) is 11.5. The molecule has 0 aliphatic heterocycles.